The van der Waals surface area contributed by atoms with Crippen molar-refractivity contribution in [1.29, 1.82) is 0 Å². The smallest absolute Gasteiger partial charge is 0.251 e. The van der Waals surface area contributed by atoms with E-state index >= 15 is 0 Å². The Labute approximate surface area is 157 Å². The van der Waals surface area contributed by atoms with Gasteiger partial charge in [-0.1, -0.05) is 30.3 Å². The van der Waals surface area contributed by atoms with Gasteiger partial charge in [0.15, 0.2) is 0 Å². The quantitative estimate of drug-likeness (QED) is 0.666. The first kappa shape index (κ1) is 18.0. The van der Waals surface area contributed by atoms with Gasteiger partial charge in [0, 0.05) is 23.2 Å². The average molecular weight is 364 g/mol. The Morgan fingerprint density at radius 1 is 0.962 bits per heavy atom. The molecule has 0 aromatic heterocycles. The van der Waals surface area contributed by atoms with E-state index in [4.69, 9.17) is 0 Å². The Kier molecular flexibility index (Phi) is 5.58. The lowest BCUT2D eigenvalue weighted by Gasteiger charge is -2.10. The number of hydrogen-bond acceptors (Lipinski definition) is 3. The highest BCUT2D eigenvalue weighted by molar-refractivity contribution is 8.00. The predicted molar refractivity (Wildman–Crippen MR) is 108 cm³/mol. The fraction of sp³-hybridized carbons (Fsp3) is 0.143. The van der Waals surface area contributed by atoms with Crippen molar-refractivity contribution < 1.29 is 9.59 Å². The van der Waals surface area contributed by atoms with Crippen LogP contribution in [-0.4, -0.2) is 24.6 Å². The summed E-state index contributed by atoms with van der Waals surface area (Å²) in [5, 5.41) is 7.85. The zero-order valence-electron chi connectivity index (χ0n) is 14.7. The number of anilines is 1. The molecule has 0 unspecified atom stereocenters. The molecule has 3 aromatic rings. The Morgan fingerprint density at radius 2 is 1.73 bits per heavy atom. The minimum Gasteiger partial charge on any atom is -0.355 e. The van der Waals surface area contributed by atoms with E-state index in [1.165, 1.54) is 22.5 Å². The number of fused-ring (bicyclic) bond motifs is 1. The summed E-state index contributed by atoms with van der Waals surface area (Å²) >= 11 is 1.50. The molecule has 2 amide bonds. The van der Waals surface area contributed by atoms with Crippen LogP contribution >= 0.6 is 11.8 Å². The third-order valence-corrected chi connectivity index (χ3v) is 5.07. The first-order valence-electron chi connectivity index (χ1n) is 8.31. The molecule has 0 fully saturated rings. The summed E-state index contributed by atoms with van der Waals surface area (Å²) < 4.78 is 0. The molecule has 0 radical (unpaired) electrons. The summed E-state index contributed by atoms with van der Waals surface area (Å²) in [6.07, 6.45) is 0. The number of benzene rings is 3. The molecular formula is C21H20N2O2S. The van der Waals surface area contributed by atoms with Gasteiger partial charge in [-0.2, -0.15) is 0 Å². The second-order valence-electron chi connectivity index (χ2n) is 5.95. The molecule has 2 N–H and O–H groups in total. The van der Waals surface area contributed by atoms with Crippen LogP contribution in [0.3, 0.4) is 0 Å². The van der Waals surface area contributed by atoms with Crippen LogP contribution in [0.25, 0.3) is 10.8 Å². The molecule has 0 saturated heterocycles. The molecule has 0 atom stereocenters. The Bertz CT molecular complexity index is 969. The molecule has 0 bridgehead atoms. The minimum absolute atomic E-state index is 0.0704. The fourth-order valence-electron chi connectivity index (χ4n) is 2.68. The summed E-state index contributed by atoms with van der Waals surface area (Å²) in [5.74, 6) is 0.117. The van der Waals surface area contributed by atoms with E-state index in [1.54, 1.807) is 25.2 Å². The number of carbonyl (C=O) groups is 2. The van der Waals surface area contributed by atoms with Crippen molar-refractivity contribution in [2.24, 2.45) is 0 Å². The number of rotatable bonds is 5. The van der Waals surface area contributed by atoms with Crippen LogP contribution in [0, 0.1) is 6.92 Å². The molecule has 132 valence electrons. The van der Waals surface area contributed by atoms with Gasteiger partial charge in [0.2, 0.25) is 5.91 Å². The largest absolute Gasteiger partial charge is 0.355 e. The second-order valence-corrected chi connectivity index (χ2v) is 7.00. The lowest BCUT2D eigenvalue weighted by molar-refractivity contribution is -0.113. The number of hydrogen-bond donors (Lipinski definition) is 2. The maximum atomic E-state index is 12.3. The van der Waals surface area contributed by atoms with Gasteiger partial charge in [0.25, 0.3) is 5.91 Å². The van der Waals surface area contributed by atoms with E-state index in [2.05, 4.69) is 34.9 Å². The summed E-state index contributed by atoms with van der Waals surface area (Å²) in [4.78, 5) is 25.0. The first-order chi connectivity index (χ1) is 12.6. The zero-order valence-corrected chi connectivity index (χ0v) is 15.5. The van der Waals surface area contributed by atoms with Crippen LogP contribution in [0.1, 0.15) is 15.9 Å². The number of amides is 2. The predicted octanol–water partition coefficient (Wildman–Crippen LogP) is 4.24. The van der Waals surface area contributed by atoms with E-state index in [0.717, 1.165) is 16.1 Å². The number of carbonyl (C=O) groups excluding carboxylic acids is 2. The molecular weight excluding hydrogens is 344 g/mol. The zero-order chi connectivity index (χ0) is 18.5. The summed E-state index contributed by atoms with van der Waals surface area (Å²) in [5.41, 5.74) is 2.16. The number of nitrogens with one attached hydrogen (secondary N) is 2. The van der Waals surface area contributed by atoms with Gasteiger partial charge in [-0.05, 0) is 53.6 Å². The van der Waals surface area contributed by atoms with Gasteiger partial charge in [0.05, 0.1) is 5.75 Å². The molecule has 4 nitrogen and oxygen atoms in total. The highest BCUT2D eigenvalue weighted by Crippen LogP contribution is 2.24. The SMILES string of the molecule is CNC(=O)c1ccc(NC(=O)CSc2ccc3ccccc3c2)c(C)c1. The van der Waals surface area contributed by atoms with Crippen molar-refractivity contribution in [3.63, 3.8) is 0 Å². The molecule has 0 aliphatic heterocycles. The third kappa shape index (κ3) is 4.24. The van der Waals surface area contributed by atoms with Gasteiger partial charge in [-0.3, -0.25) is 9.59 Å². The van der Waals surface area contributed by atoms with Gasteiger partial charge < -0.3 is 10.6 Å². The maximum absolute atomic E-state index is 12.3. The van der Waals surface area contributed by atoms with E-state index < -0.39 is 0 Å². The fourth-order valence-corrected chi connectivity index (χ4v) is 3.43. The second kappa shape index (κ2) is 8.06. The number of aryl methyl sites for hydroxylation is 1. The summed E-state index contributed by atoms with van der Waals surface area (Å²) in [6.45, 7) is 1.87. The average Bonchev–Trinajstić information content (AvgIpc) is 2.67. The van der Waals surface area contributed by atoms with Gasteiger partial charge in [0.1, 0.15) is 0 Å². The van der Waals surface area contributed by atoms with Crippen LogP contribution in [0.4, 0.5) is 5.69 Å². The Morgan fingerprint density at radius 3 is 2.46 bits per heavy atom. The third-order valence-electron chi connectivity index (χ3n) is 4.08. The molecule has 5 heteroatoms. The maximum Gasteiger partial charge on any atom is 0.251 e. The van der Waals surface area contributed by atoms with Gasteiger partial charge in [-0.15, -0.1) is 11.8 Å². The number of thioether (sulfide) groups is 1. The van der Waals surface area contributed by atoms with E-state index in [-0.39, 0.29) is 11.8 Å². The molecule has 0 aliphatic carbocycles. The molecule has 3 aromatic carbocycles. The Hall–Kier alpha value is -2.79. The molecule has 26 heavy (non-hydrogen) atoms. The van der Waals surface area contributed by atoms with Crippen molar-refractivity contribution in [2.45, 2.75) is 11.8 Å². The van der Waals surface area contributed by atoms with Crippen LogP contribution in [0.15, 0.2) is 65.6 Å². The van der Waals surface area contributed by atoms with Crippen LogP contribution in [-0.2, 0) is 4.79 Å². The summed E-state index contributed by atoms with van der Waals surface area (Å²) in [7, 11) is 1.59. The van der Waals surface area contributed by atoms with Gasteiger partial charge >= 0.3 is 0 Å². The van der Waals surface area contributed by atoms with Crippen molar-refractivity contribution >= 4 is 40.0 Å². The molecule has 0 aliphatic rings. The molecule has 0 spiro atoms. The molecule has 3 rings (SSSR count). The molecule has 0 heterocycles. The first-order valence-corrected chi connectivity index (χ1v) is 9.29. The topological polar surface area (TPSA) is 58.2 Å². The minimum atomic E-state index is -0.141. The van der Waals surface area contributed by atoms with Crippen LogP contribution < -0.4 is 10.6 Å². The lowest BCUT2D eigenvalue weighted by atomic mass is 10.1. The van der Waals surface area contributed by atoms with Crippen molar-refractivity contribution in [2.75, 3.05) is 18.1 Å². The van der Waals surface area contributed by atoms with Crippen molar-refractivity contribution in [3.8, 4) is 0 Å². The Balaban J connectivity index is 1.62. The van der Waals surface area contributed by atoms with Crippen LogP contribution in [0.2, 0.25) is 0 Å². The van der Waals surface area contributed by atoms with Crippen molar-refractivity contribution in [3.05, 3.63) is 71.8 Å². The standard InChI is InChI=1S/C21H20N2O2S/c1-14-11-17(21(25)22-2)8-10-19(14)23-20(24)13-26-18-9-7-15-5-3-4-6-16(15)12-18/h3-12H,13H2,1-2H3,(H,22,25)(H,23,24). The van der Waals surface area contributed by atoms with Crippen molar-refractivity contribution in [1.82, 2.24) is 5.32 Å². The monoisotopic (exact) mass is 364 g/mol. The van der Waals surface area contributed by atoms with Crippen LogP contribution in [0.5, 0.6) is 0 Å². The highest BCUT2D eigenvalue weighted by atomic mass is 32.2. The van der Waals surface area contributed by atoms with E-state index in [0.29, 0.717) is 11.3 Å². The highest BCUT2D eigenvalue weighted by Gasteiger charge is 2.09. The summed E-state index contributed by atoms with van der Waals surface area (Å²) in [6, 6.07) is 19.6. The lowest BCUT2D eigenvalue weighted by Crippen LogP contribution is -2.19. The normalized spacial score (nSPS) is 10.5. The van der Waals surface area contributed by atoms with E-state index in [1.807, 2.05) is 25.1 Å². The van der Waals surface area contributed by atoms with Gasteiger partial charge in [-0.25, -0.2) is 0 Å². The van der Waals surface area contributed by atoms with E-state index in [9.17, 15) is 9.59 Å². The molecule has 0 saturated carbocycles.